The van der Waals surface area contributed by atoms with Crippen molar-refractivity contribution in [3.8, 4) is 0 Å². The molecule has 0 radical (unpaired) electrons. The van der Waals surface area contributed by atoms with Crippen LogP contribution in [0.15, 0.2) is 34.6 Å². The van der Waals surface area contributed by atoms with Gasteiger partial charge < -0.3 is 15.1 Å². The highest BCUT2D eigenvalue weighted by Gasteiger charge is 2.09. The maximum atomic E-state index is 12.9. The molecular formula is C18H26FN5S. The molecule has 0 bridgehead atoms. The summed E-state index contributed by atoms with van der Waals surface area (Å²) in [5.74, 6) is 0.649. The van der Waals surface area contributed by atoms with E-state index >= 15 is 0 Å². The van der Waals surface area contributed by atoms with Gasteiger partial charge >= 0.3 is 0 Å². The number of aromatic nitrogens is 1. The van der Waals surface area contributed by atoms with Gasteiger partial charge in [-0.15, -0.1) is 11.3 Å². The minimum absolute atomic E-state index is 0.199. The number of likely N-dealkylation sites (N-methyl/N-ethyl adjacent to an activating group) is 1. The molecule has 1 aromatic carbocycles. The molecule has 0 saturated heterocycles. The Morgan fingerprint density at radius 1 is 1.24 bits per heavy atom. The predicted octanol–water partition coefficient (Wildman–Crippen LogP) is 2.73. The largest absolute Gasteiger partial charge is 0.355 e. The minimum Gasteiger partial charge on any atom is -0.355 e. The van der Waals surface area contributed by atoms with Crippen LogP contribution >= 0.6 is 11.3 Å². The van der Waals surface area contributed by atoms with Crippen molar-refractivity contribution in [2.75, 3.05) is 34.2 Å². The first kappa shape index (κ1) is 19.3. The Balaban J connectivity index is 1.75. The lowest BCUT2D eigenvalue weighted by molar-refractivity contribution is 0.328. The number of aryl methyl sites for hydroxylation is 1. The SMILES string of the molecule is CN=C(NCCN(C)Cc1ccc(F)cc1)N(C)Cc1csc(C)n1. The van der Waals surface area contributed by atoms with Gasteiger partial charge in [-0.05, 0) is 31.7 Å². The normalized spacial score (nSPS) is 11.8. The van der Waals surface area contributed by atoms with E-state index in [1.54, 1.807) is 18.4 Å². The first-order valence-corrected chi connectivity index (χ1v) is 9.11. The molecule has 1 N–H and O–H groups in total. The van der Waals surface area contributed by atoms with Gasteiger partial charge in [-0.3, -0.25) is 4.99 Å². The standard InChI is InChI=1S/C18H26FN5S/c1-14-22-17(13-25-14)12-24(4)18(20-2)21-9-10-23(3)11-15-5-7-16(19)8-6-15/h5-8,13H,9-12H2,1-4H3,(H,20,21). The fourth-order valence-corrected chi connectivity index (χ4v) is 3.13. The van der Waals surface area contributed by atoms with Crippen LogP contribution in [-0.4, -0.2) is 55.0 Å². The number of hydrogen-bond acceptors (Lipinski definition) is 4. The molecule has 0 spiro atoms. The second kappa shape index (κ2) is 9.48. The lowest BCUT2D eigenvalue weighted by Crippen LogP contribution is -2.41. The van der Waals surface area contributed by atoms with E-state index in [0.29, 0.717) is 0 Å². The van der Waals surface area contributed by atoms with Gasteiger partial charge in [0, 0.05) is 39.1 Å². The van der Waals surface area contributed by atoms with E-state index < -0.39 is 0 Å². The van der Waals surface area contributed by atoms with Gasteiger partial charge in [0.1, 0.15) is 5.82 Å². The van der Waals surface area contributed by atoms with E-state index in [4.69, 9.17) is 0 Å². The lowest BCUT2D eigenvalue weighted by Gasteiger charge is -2.23. The fourth-order valence-electron chi connectivity index (χ4n) is 2.52. The summed E-state index contributed by atoms with van der Waals surface area (Å²) in [6.45, 7) is 5.17. The van der Waals surface area contributed by atoms with Gasteiger partial charge in [0.2, 0.25) is 0 Å². The van der Waals surface area contributed by atoms with E-state index in [1.807, 2.05) is 26.1 Å². The fraction of sp³-hybridized carbons (Fsp3) is 0.444. The number of hydrogen-bond donors (Lipinski definition) is 1. The minimum atomic E-state index is -0.199. The van der Waals surface area contributed by atoms with Crippen LogP contribution in [0.5, 0.6) is 0 Å². The number of aliphatic imine (C=N–C) groups is 1. The molecule has 0 amide bonds. The third kappa shape index (κ3) is 6.43. The van der Waals surface area contributed by atoms with E-state index in [0.717, 1.165) is 48.4 Å². The highest BCUT2D eigenvalue weighted by molar-refractivity contribution is 7.09. The predicted molar refractivity (Wildman–Crippen MR) is 102 cm³/mol. The molecule has 136 valence electrons. The van der Waals surface area contributed by atoms with Crippen LogP contribution in [0.2, 0.25) is 0 Å². The van der Waals surface area contributed by atoms with Crippen molar-refractivity contribution in [2.45, 2.75) is 20.0 Å². The topological polar surface area (TPSA) is 43.8 Å². The Morgan fingerprint density at radius 2 is 1.96 bits per heavy atom. The van der Waals surface area contributed by atoms with Gasteiger partial charge in [0.25, 0.3) is 0 Å². The average Bonchev–Trinajstić information content (AvgIpc) is 2.98. The second-order valence-corrected chi connectivity index (χ2v) is 7.11. The Morgan fingerprint density at radius 3 is 2.56 bits per heavy atom. The quantitative estimate of drug-likeness (QED) is 0.607. The third-order valence-electron chi connectivity index (χ3n) is 3.78. The smallest absolute Gasteiger partial charge is 0.193 e. The second-order valence-electron chi connectivity index (χ2n) is 6.05. The molecule has 25 heavy (non-hydrogen) atoms. The summed E-state index contributed by atoms with van der Waals surface area (Å²) in [6, 6.07) is 6.64. The van der Waals surface area contributed by atoms with Crippen LogP contribution in [0.3, 0.4) is 0 Å². The highest BCUT2D eigenvalue weighted by atomic mass is 32.1. The van der Waals surface area contributed by atoms with Gasteiger partial charge in [-0.25, -0.2) is 9.37 Å². The number of halogens is 1. The number of thiazole rings is 1. The Bertz CT molecular complexity index is 683. The summed E-state index contributed by atoms with van der Waals surface area (Å²) >= 11 is 1.66. The van der Waals surface area contributed by atoms with E-state index in [9.17, 15) is 4.39 Å². The first-order valence-electron chi connectivity index (χ1n) is 8.23. The zero-order valence-corrected chi connectivity index (χ0v) is 16.1. The zero-order chi connectivity index (χ0) is 18.2. The molecule has 1 aromatic heterocycles. The van der Waals surface area contributed by atoms with Crippen LogP contribution in [0.1, 0.15) is 16.3 Å². The van der Waals surface area contributed by atoms with Crippen molar-refractivity contribution < 1.29 is 4.39 Å². The highest BCUT2D eigenvalue weighted by Crippen LogP contribution is 2.09. The van der Waals surface area contributed by atoms with Gasteiger partial charge in [0.05, 0.1) is 17.2 Å². The molecule has 0 fully saturated rings. The number of rotatable bonds is 7. The van der Waals surface area contributed by atoms with E-state index in [1.165, 1.54) is 12.1 Å². The maximum absolute atomic E-state index is 12.9. The molecule has 0 unspecified atom stereocenters. The first-order chi connectivity index (χ1) is 12.0. The number of guanidine groups is 1. The number of nitrogens with one attached hydrogen (secondary N) is 1. The summed E-state index contributed by atoms with van der Waals surface area (Å²) in [5.41, 5.74) is 2.16. The Kier molecular flexibility index (Phi) is 7.33. The molecular weight excluding hydrogens is 337 g/mol. The van der Waals surface area contributed by atoms with Crippen molar-refractivity contribution in [1.29, 1.82) is 0 Å². The van der Waals surface area contributed by atoms with Crippen LogP contribution in [0, 0.1) is 12.7 Å². The van der Waals surface area contributed by atoms with Gasteiger partial charge in [-0.1, -0.05) is 12.1 Å². The van der Waals surface area contributed by atoms with Crippen LogP contribution < -0.4 is 5.32 Å². The molecule has 0 aliphatic heterocycles. The summed E-state index contributed by atoms with van der Waals surface area (Å²) < 4.78 is 12.9. The van der Waals surface area contributed by atoms with Gasteiger partial charge in [0.15, 0.2) is 5.96 Å². The molecule has 0 aliphatic rings. The van der Waals surface area contributed by atoms with Crippen molar-refractivity contribution >= 4 is 17.3 Å². The lowest BCUT2D eigenvalue weighted by atomic mass is 10.2. The number of nitrogens with zero attached hydrogens (tertiary/aromatic N) is 4. The Labute approximate surface area is 153 Å². The maximum Gasteiger partial charge on any atom is 0.193 e. The molecule has 0 atom stereocenters. The monoisotopic (exact) mass is 363 g/mol. The molecule has 1 heterocycles. The van der Waals surface area contributed by atoms with Crippen molar-refractivity contribution in [2.24, 2.45) is 4.99 Å². The summed E-state index contributed by atoms with van der Waals surface area (Å²) in [6.07, 6.45) is 0. The molecule has 2 rings (SSSR count). The van der Waals surface area contributed by atoms with Crippen molar-refractivity contribution in [1.82, 2.24) is 20.1 Å². The molecule has 0 aliphatic carbocycles. The third-order valence-corrected chi connectivity index (χ3v) is 4.60. The Hall–Kier alpha value is -1.99. The summed E-state index contributed by atoms with van der Waals surface area (Å²) in [4.78, 5) is 13.1. The van der Waals surface area contributed by atoms with E-state index in [2.05, 4.69) is 37.5 Å². The average molecular weight is 364 g/mol. The van der Waals surface area contributed by atoms with Crippen LogP contribution in [0.4, 0.5) is 4.39 Å². The number of benzene rings is 1. The molecule has 0 saturated carbocycles. The molecule has 5 nitrogen and oxygen atoms in total. The summed E-state index contributed by atoms with van der Waals surface area (Å²) in [7, 11) is 5.84. The molecule has 7 heteroatoms. The zero-order valence-electron chi connectivity index (χ0n) is 15.3. The summed E-state index contributed by atoms with van der Waals surface area (Å²) in [5, 5.41) is 6.53. The molecule has 2 aromatic rings. The van der Waals surface area contributed by atoms with Crippen LogP contribution in [-0.2, 0) is 13.1 Å². The van der Waals surface area contributed by atoms with Crippen LogP contribution in [0.25, 0.3) is 0 Å². The van der Waals surface area contributed by atoms with Crippen molar-refractivity contribution in [3.05, 3.63) is 51.7 Å². The van der Waals surface area contributed by atoms with Gasteiger partial charge in [-0.2, -0.15) is 0 Å². The van der Waals surface area contributed by atoms with E-state index in [-0.39, 0.29) is 5.82 Å². The van der Waals surface area contributed by atoms with Crippen molar-refractivity contribution in [3.63, 3.8) is 0 Å².